The van der Waals surface area contributed by atoms with Crippen molar-refractivity contribution in [3.05, 3.63) is 59.2 Å². The lowest BCUT2D eigenvalue weighted by Gasteiger charge is -2.30. The van der Waals surface area contributed by atoms with E-state index >= 15 is 0 Å². The molecule has 3 rings (SSSR count). The summed E-state index contributed by atoms with van der Waals surface area (Å²) in [6.07, 6.45) is 1.78. The lowest BCUT2D eigenvalue weighted by Crippen LogP contribution is -2.36. The second-order valence-corrected chi connectivity index (χ2v) is 6.65. The molecule has 0 spiro atoms. The highest BCUT2D eigenvalue weighted by Gasteiger charge is 2.20. The van der Waals surface area contributed by atoms with Gasteiger partial charge in [-0.25, -0.2) is 17.6 Å². The van der Waals surface area contributed by atoms with E-state index in [0.29, 0.717) is 17.8 Å². The Bertz CT molecular complexity index is 828. The van der Waals surface area contributed by atoms with Crippen molar-refractivity contribution < 1.29 is 22.4 Å². The quantitative estimate of drug-likeness (QED) is 0.787. The molecule has 8 heteroatoms. The number of nitrogens with one attached hydrogen (secondary N) is 2. The third-order valence-corrected chi connectivity index (χ3v) is 4.48. The van der Waals surface area contributed by atoms with Crippen molar-refractivity contribution in [2.24, 2.45) is 0 Å². The molecule has 2 aromatic rings. The highest BCUT2D eigenvalue weighted by Crippen LogP contribution is 2.23. The van der Waals surface area contributed by atoms with Crippen molar-refractivity contribution in [1.29, 1.82) is 0 Å². The molecule has 1 amide bonds. The molecule has 0 radical (unpaired) electrons. The largest absolute Gasteiger partial charge is 0.382 e. The van der Waals surface area contributed by atoms with Crippen LogP contribution in [0.1, 0.15) is 23.2 Å². The Hall–Kier alpha value is -2.61. The van der Waals surface area contributed by atoms with Crippen LogP contribution in [0.4, 0.5) is 28.9 Å². The second kappa shape index (κ2) is 7.96. The van der Waals surface area contributed by atoms with Crippen LogP contribution in [0, 0.1) is 23.3 Å². The van der Waals surface area contributed by atoms with Crippen LogP contribution >= 0.6 is 0 Å². The van der Waals surface area contributed by atoms with E-state index in [1.165, 1.54) is 12.1 Å². The Kier molecular flexibility index (Phi) is 5.65. The molecule has 1 aliphatic heterocycles. The van der Waals surface area contributed by atoms with Crippen LogP contribution in [-0.2, 0) is 0 Å². The Labute approximate surface area is 154 Å². The van der Waals surface area contributed by atoms with Gasteiger partial charge in [0.05, 0.1) is 0 Å². The molecular weight excluding hydrogens is 362 g/mol. The zero-order valence-corrected chi connectivity index (χ0v) is 14.7. The predicted molar refractivity (Wildman–Crippen MR) is 94.8 cm³/mol. The number of hydrogen-bond donors (Lipinski definition) is 2. The monoisotopic (exact) mass is 381 g/mol. The van der Waals surface area contributed by atoms with Gasteiger partial charge in [-0.3, -0.25) is 4.79 Å². The van der Waals surface area contributed by atoms with Crippen molar-refractivity contribution in [1.82, 2.24) is 4.90 Å². The fourth-order valence-electron chi connectivity index (χ4n) is 3.09. The Morgan fingerprint density at radius 3 is 2.11 bits per heavy atom. The fraction of sp³-hybridized carbons (Fsp3) is 0.316. The van der Waals surface area contributed by atoms with Crippen LogP contribution in [-0.4, -0.2) is 37.0 Å². The molecule has 0 atom stereocenters. The summed E-state index contributed by atoms with van der Waals surface area (Å²) in [4.78, 5) is 14.3. The number of hydrogen-bond acceptors (Lipinski definition) is 3. The molecule has 1 saturated heterocycles. The van der Waals surface area contributed by atoms with Crippen LogP contribution in [0.25, 0.3) is 0 Å². The molecule has 144 valence electrons. The van der Waals surface area contributed by atoms with Crippen molar-refractivity contribution in [2.45, 2.75) is 18.9 Å². The van der Waals surface area contributed by atoms with E-state index in [2.05, 4.69) is 15.5 Å². The summed E-state index contributed by atoms with van der Waals surface area (Å²) in [6, 6.07) is 4.80. The summed E-state index contributed by atoms with van der Waals surface area (Å²) in [6.45, 7) is 1.83. The standard InChI is InChI=1S/C19H19F4N3O/c1-26-4-2-13(3-5-26)24-14-6-11(20)7-15(10-14)25-19(27)18-16(22)8-12(21)9-17(18)23/h6-10,13,24H,2-5H2,1H3,(H,25,27). The van der Waals surface area contributed by atoms with E-state index in [4.69, 9.17) is 0 Å². The lowest BCUT2D eigenvalue weighted by atomic mass is 10.1. The SMILES string of the molecule is CN1CCC(Nc2cc(F)cc(NC(=O)c3c(F)cc(F)cc3F)c2)CC1. The van der Waals surface area contributed by atoms with E-state index < -0.39 is 34.7 Å². The molecular formula is C19H19F4N3O. The van der Waals surface area contributed by atoms with Gasteiger partial charge in [-0.1, -0.05) is 0 Å². The highest BCUT2D eigenvalue weighted by atomic mass is 19.1. The molecule has 0 aliphatic carbocycles. The van der Waals surface area contributed by atoms with Crippen molar-refractivity contribution in [2.75, 3.05) is 30.8 Å². The molecule has 0 bridgehead atoms. The maximum Gasteiger partial charge on any atom is 0.261 e. The Balaban J connectivity index is 1.75. The van der Waals surface area contributed by atoms with Gasteiger partial charge in [-0.05, 0) is 51.2 Å². The van der Waals surface area contributed by atoms with Gasteiger partial charge in [-0.2, -0.15) is 0 Å². The molecule has 0 aromatic heterocycles. The van der Waals surface area contributed by atoms with Crippen molar-refractivity contribution >= 4 is 17.3 Å². The lowest BCUT2D eigenvalue weighted by molar-refractivity contribution is 0.101. The summed E-state index contributed by atoms with van der Waals surface area (Å²) in [7, 11) is 2.03. The maximum atomic E-state index is 13.9. The molecule has 2 N–H and O–H groups in total. The van der Waals surface area contributed by atoms with E-state index in [1.807, 2.05) is 7.05 Å². The second-order valence-electron chi connectivity index (χ2n) is 6.65. The molecule has 4 nitrogen and oxygen atoms in total. The number of amides is 1. The normalized spacial score (nSPS) is 15.6. The van der Waals surface area contributed by atoms with Gasteiger partial charge in [0.25, 0.3) is 5.91 Å². The van der Waals surface area contributed by atoms with Crippen molar-refractivity contribution in [3.8, 4) is 0 Å². The van der Waals surface area contributed by atoms with Crippen LogP contribution in [0.15, 0.2) is 30.3 Å². The summed E-state index contributed by atoms with van der Waals surface area (Å²) < 4.78 is 54.4. The third kappa shape index (κ3) is 4.77. The third-order valence-electron chi connectivity index (χ3n) is 4.48. The predicted octanol–water partition coefficient (Wildman–Crippen LogP) is 4.00. The first-order valence-corrected chi connectivity index (χ1v) is 8.53. The number of piperidine rings is 1. The van der Waals surface area contributed by atoms with Gasteiger partial charge >= 0.3 is 0 Å². The first-order chi connectivity index (χ1) is 12.8. The number of rotatable bonds is 4. The number of carbonyl (C=O) groups is 1. The number of benzene rings is 2. The number of anilines is 2. The van der Waals surface area contributed by atoms with E-state index in [9.17, 15) is 22.4 Å². The summed E-state index contributed by atoms with van der Waals surface area (Å²) in [5, 5.41) is 5.47. The van der Waals surface area contributed by atoms with Crippen molar-refractivity contribution in [3.63, 3.8) is 0 Å². The van der Waals surface area contributed by atoms with Crippen LogP contribution in [0.3, 0.4) is 0 Å². The van der Waals surface area contributed by atoms with E-state index in [1.54, 1.807) is 0 Å². The first kappa shape index (κ1) is 19.2. The van der Waals surface area contributed by atoms with E-state index in [0.717, 1.165) is 32.0 Å². The average Bonchev–Trinajstić information content (AvgIpc) is 2.55. The van der Waals surface area contributed by atoms with Crippen LogP contribution in [0.2, 0.25) is 0 Å². The first-order valence-electron chi connectivity index (χ1n) is 8.53. The Morgan fingerprint density at radius 1 is 0.926 bits per heavy atom. The van der Waals surface area contributed by atoms with Crippen LogP contribution in [0.5, 0.6) is 0 Å². The summed E-state index contributed by atoms with van der Waals surface area (Å²) >= 11 is 0. The smallest absolute Gasteiger partial charge is 0.261 e. The number of carbonyl (C=O) groups excluding carboxylic acids is 1. The average molecular weight is 381 g/mol. The van der Waals surface area contributed by atoms with Gasteiger partial charge in [-0.15, -0.1) is 0 Å². The van der Waals surface area contributed by atoms with Gasteiger partial charge in [0.1, 0.15) is 28.8 Å². The van der Waals surface area contributed by atoms with Gasteiger partial charge in [0.2, 0.25) is 0 Å². The number of halogens is 4. The molecule has 2 aromatic carbocycles. The zero-order chi connectivity index (χ0) is 19.6. The van der Waals surface area contributed by atoms with Gasteiger partial charge in [0.15, 0.2) is 0 Å². The molecule has 1 aliphatic rings. The summed E-state index contributed by atoms with van der Waals surface area (Å²) in [5.41, 5.74) is -0.427. The van der Waals surface area contributed by atoms with E-state index in [-0.39, 0.29) is 11.7 Å². The molecule has 1 fully saturated rings. The Morgan fingerprint density at radius 2 is 1.48 bits per heavy atom. The topological polar surface area (TPSA) is 44.4 Å². The molecule has 0 saturated carbocycles. The minimum Gasteiger partial charge on any atom is -0.382 e. The molecule has 1 heterocycles. The van der Waals surface area contributed by atoms with Gasteiger partial charge < -0.3 is 15.5 Å². The zero-order valence-electron chi connectivity index (χ0n) is 14.7. The minimum absolute atomic E-state index is 0.0403. The van der Waals surface area contributed by atoms with Crippen LogP contribution < -0.4 is 10.6 Å². The molecule has 27 heavy (non-hydrogen) atoms. The molecule has 0 unspecified atom stereocenters. The maximum absolute atomic E-state index is 13.9. The van der Waals surface area contributed by atoms with Gasteiger partial charge in [0, 0.05) is 29.5 Å². The summed E-state index contributed by atoms with van der Waals surface area (Å²) in [5.74, 6) is -5.52. The number of likely N-dealkylation sites (tertiary alicyclic amines) is 1. The fourth-order valence-corrected chi connectivity index (χ4v) is 3.09. The highest BCUT2D eigenvalue weighted by molar-refractivity contribution is 6.04. The minimum atomic E-state index is -1.33. The number of nitrogens with zero attached hydrogens (tertiary/aromatic N) is 1.